The lowest BCUT2D eigenvalue weighted by molar-refractivity contribution is 0.259. The van der Waals surface area contributed by atoms with Crippen LogP contribution in [0, 0.1) is 13.8 Å². The minimum absolute atomic E-state index is 0.0555. The van der Waals surface area contributed by atoms with Crippen LogP contribution in [-0.4, -0.2) is 54.7 Å². The van der Waals surface area contributed by atoms with Gasteiger partial charge in [-0.15, -0.1) is 0 Å². The Morgan fingerprint density at radius 2 is 0.708 bits per heavy atom. The minimum Gasteiger partial charge on any atom is -0.490 e. The third-order valence-corrected chi connectivity index (χ3v) is 14.5. The zero-order valence-electron chi connectivity index (χ0n) is 43.5. The standard InChI is InChI=1S/C58H78N4O8S2/c1-7-11-15-19-38-67-53-36-30-49(43-55(53)69-40-21-17-13-9-3)57(59-61-71(63,64)51-32-26-45(5)27-33-51)47-24-23-25-48(42-47)58(60-62-72(65,66)52-34-28-46(6)29-35-52)50-31-37-54(68-39-20-16-12-8-2)56(44-50)70-41-22-18-14-10-4/h23-37,42-44,61-62H,7-22,38-41H2,1-6H3/b59-57+,60-58+. The number of aryl methyl sites for hydroxylation is 2. The third-order valence-electron chi connectivity index (χ3n) is 12.1. The second-order valence-electron chi connectivity index (χ2n) is 18.3. The van der Waals surface area contributed by atoms with Crippen molar-refractivity contribution in [2.75, 3.05) is 26.4 Å². The second kappa shape index (κ2) is 30.2. The van der Waals surface area contributed by atoms with Gasteiger partial charge in [0.2, 0.25) is 0 Å². The van der Waals surface area contributed by atoms with Gasteiger partial charge in [-0.1, -0.05) is 158 Å². The van der Waals surface area contributed by atoms with Crippen LogP contribution in [0.5, 0.6) is 23.0 Å². The van der Waals surface area contributed by atoms with E-state index in [1.54, 1.807) is 30.3 Å². The van der Waals surface area contributed by atoms with Crippen LogP contribution >= 0.6 is 0 Å². The molecule has 0 atom stereocenters. The van der Waals surface area contributed by atoms with Crippen molar-refractivity contribution in [1.29, 1.82) is 0 Å². The molecule has 0 saturated heterocycles. The van der Waals surface area contributed by atoms with Crippen molar-refractivity contribution in [3.8, 4) is 23.0 Å². The summed E-state index contributed by atoms with van der Waals surface area (Å²) in [6.45, 7) is 14.5. The number of hydrogen-bond acceptors (Lipinski definition) is 10. The number of unbranched alkanes of at least 4 members (excludes halogenated alkanes) is 12. The Balaban J connectivity index is 1.65. The molecule has 5 aromatic carbocycles. The molecule has 0 aliphatic carbocycles. The molecule has 0 amide bonds. The van der Waals surface area contributed by atoms with Gasteiger partial charge in [-0.3, -0.25) is 0 Å². The molecule has 5 rings (SSSR count). The van der Waals surface area contributed by atoms with Crippen LogP contribution in [0.4, 0.5) is 0 Å². The molecule has 0 spiro atoms. The highest BCUT2D eigenvalue weighted by atomic mass is 32.2. The van der Waals surface area contributed by atoms with Crippen molar-refractivity contribution in [3.05, 3.63) is 143 Å². The van der Waals surface area contributed by atoms with E-state index in [0.29, 0.717) is 71.7 Å². The van der Waals surface area contributed by atoms with Gasteiger partial charge in [-0.2, -0.15) is 36.7 Å². The van der Waals surface area contributed by atoms with Crippen molar-refractivity contribution in [3.63, 3.8) is 0 Å². The number of hydrogen-bond donors (Lipinski definition) is 2. The van der Waals surface area contributed by atoms with E-state index < -0.39 is 20.0 Å². The van der Waals surface area contributed by atoms with Crippen LogP contribution in [0.1, 0.15) is 164 Å². The normalized spacial score (nSPS) is 12.1. The van der Waals surface area contributed by atoms with Gasteiger partial charge < -0.3 is 18.9 Å². The van der Waals surface area contributed by atoms with Gasteiger partial charge in [0, 0.05) is 22.3 Å². The minimum atomic E-state index is -4.13. The molecule has 0 radical (unpaired) electrons. The van der Waals surface area contributed by atoms with Crippen LogP contribution in [0.2, 0.25) is 0 Å². The first-order valence-corrected chi connectivity index (χ1v) is 29.1. The van der Waals surface area contributed by atoms with Crippen molar-refractivity contribution in [2.45, 2.75) is 154 Å². The number of ether oxygens (including phenoxy) is 4. The summed E-state index contributed by atoms with van der Waals surface area (Å²) in [7, 11) is -8.25. The molecule has 390 valence electrons. The maximum absolute atomic E-state index is 13.9. The van der Waals surface area contributed by atoms with E-state index in [-0.39, 0.29) is 21.2 Å². The Morgan fingerprint density at radius 1 is 0.389 bits per heavy atom. The molecule has 0 heterocycles. The smallest absolute Gasteiger partial charge is 0.276 e. The zero-order chi connectivity index (χ0) is 51.6. The average molecular weight is 1020 g/mol. The summed E-state index contributed by atoms with van der Waals surface area (Å²) in [5, 5.41) is 9.30. The van der Waals surface area contributed by atoms with Gasteiger partial charge in [0.05, 0.1) is 47.6 Å². The number of nitrogens with zero attached hydrogens (tertiary/aromatic N) is 2. The zero-order valence-corrected chi connectivity index (χ0v) is 45.1. The van der Waals surface area contributed by atoms with E-state index in [0.717, 1.165) is 114 Å². The number of benzene rings is 5. The van der Waals surface area contributed by atoms with Crippen LogP contribution in [0.3, 0.4) is 0 Å². The predicted molar refractivity (Wildman–Crippen MR) is 292 cm³/mol. The van der Waals surface area contributed by atoms with Gasteiger partial charge in [0.15, 0.2) is 23.0 Å². The fourth-order valence-corrected chi connectivity index (χ4v) is 9.40. The molecule has 2 N–H and O–H groups in total. The van der Waals surface area contributed by atoms with Gasteiger partial charge in [0.1, 0.15) is 0 Å². The van der Waals surface area contributed by atoms with Crippen LogP contribution < -0.4 is 28.6 Å². The molecule has 14 heteroatoms. The van der Waals surface area contributed by atoms with Gasteiger partial charge in [0.25, 0.3) is 20.0 Å². The molecular formula is C58H78N4O8S2. The van der Waals surface area contributed by atoms with E-state index in [4.69, 9.17) is 18.9 Å². The largest absolute Gasteiger partial charge is 0.490 e. The highest BCUT2D eigenvalue weighted by Gasteiger charge is 2.21. The number of nitrogens with one attached hydrogen (secondary N) is 2. The van der Waals surface area contributed by atoms with E-state index >= 15 is 0 Å². The van der Waals surface area contributed by atoms with Gasteiger partial charge in [-0.05, 0) is 106 Å². The lowest BCUT2D eigenvalue weighted by Gasteiger charge is -2.17. The summed E-state index contributed by atoms with van der Waals surface area (Å²) >= 11 is 0. The van der Waals surface area contributed by atoms with Crippen LogP contribution in [0.15, 0.2) is 129 Å². The summed E-state index contributed by atoms with van der Waals surface area (Å²) in [4.78, 5) is 5.12. The van der Waals surface area contributed by atoms with Crippen molar-refractivity contribution in [2.24, 2.45) is 10.2 Å². The fourth-order valence-electron chi connectivity index (χ4n) is 7.78. The van der Waals surface area contributed by atoms with Crippen molar-refractivity contribution < 1.29 is 35.8 Å². The first-order chi connectivity index (χ1) is 34.9. The van der Waals surface area contributed by atoms with E-state index in [9.17, 15) is 16.8 Å². The number of sulfonamides is 2. The van der Waals surface area contributed by atoms with Crippen LogP contribution in [0.25, 0.3) is 0 Å². The fraction of sp³-hybridized carbons (Fsp3) is 0.448. The van der Waals surface area contributed by atoms with Gasteiger partial charge >= 0.3 is 0 Å². The van der Waals surface area contributed by atoms with Crippen molar-refractivity contribution >= 4 is 31.5 Å². The summed E-state index contributed by atoms with van der Waals surface area (Å²) in [6, 6.07) is 31.4. The Labute approximate surface area is 431 Å². The maximum Gasteiger partial charge on any atom is 0.276 e. The van der Waals surface area contributed by atoms with E-state index in [1.807, 2.05) is 68.4 Å². The molecular weight excluding hydrogens is 945 g/mol. The molecule has 0 aromatic heterocycles. The molecule has 0 saturated carbocycles. The van der Waals surface area contributed by atoms with Gasteiger partial charge in [-0.25, -0.2) is 0 Å². The Kier molecular flexibility index (Phi) is 24.0. The third kappa shape index (κ3) is 18.3. The first-order valence-electron chi connectivity index (χ1n) is 26.1. The highest BCUT2D eigenvalue weighted by molar-refractivity contribution is 7.89. The second-order valence-corrected chi connectivity index (χ2v) is 21.6. The summed E-state index contributed by atoms with van der Waals surface area (Å²) in [5.74, 6) is 2.22. The molecule has 0 aliphatic heterocycles. The Bertz CT molecular complexity index is 2520. The van der Waals surface area contributed by atoms with E-state index in [1.165, 1.54) is 24.3 Å². The average Bonchev–Trinajstić information content (AvgIpc) is 3.37. The molecule has 0 unspecified atom stereocenters. The quantitative estimate of drug-likeness (QED) is 0.0235. The van der Waals surface area contributed by atoms with Crippen LogP contribution in [-0.2, 0) is 20.0 Å². The predicted octanol–water partition coefficient (Wildman–Crippen LogP) is 13.6. The molecule has 72 heavy (non-hydrogen) atoms. The lowest BCUT2D eigenvalue weighted by atomic mass is 9.96. The first kappa shape index (κ1) is 57.0. The number of hydrazone groups is 2. The maximum atomic E-state index is 13.9. The topological polar surface area (TPSA) is 154 Å². The lowest BCUT2D eigenvalue weighted by Crippen LogP contribution is -2.22. The summed E-state index contributed by atoms with van der Waals surface area (Å²) in [6.07, 6.45) is 16.5. The molecule has 0 fully saturated rings. The molecule has 0 bridgehead atoms. The SMILES string of the molecule is CCCCCCOc1ccc(/C(=N/NS(=O)(=O)c2ccc(C)cc2)c2cccc(/C(=N\NS(=O)(=O)c3ccc(C)cc3)c3ccc(OCCCCCC)c(OCCCCCC)c3)c2)cc1OCCCCCC. The monoisotopic (exact) mass is 1020 g/mol. The molecule has 12 nitrogen and oxygen atoms in total. The Hall–Kier alpha value is -5.86. The summed E-state index contributed by atoms with van der Waals surface area (Å²) < 4.78 is 80.9. The Morgan fingerprint density at radius 3 is 1.04 bits per heavy atom. The number of rotatable bonds is 34. The summed E-state index contributed by atoms with van der Waals surface area (Å²) in [5.41, 5.74) is 4.51. The highest BCUT2D eigenvalue weighted by Crippen LogP contribution is 2.33. The molecule has 5 aromatic rings. The van der Waals surface area contributed by atoms with Crippen molar-refractivity contribution in [1.82, 2.24) is 9.66 Å². The van der Waals surface area contributed by atoms with E-state index in [2.05, 4.69) is 47.6 Å². The molecule has 0 aliphatic rings.